The number of likely N-dealkylation sites (N-methyl/N-ethyl adjacent to an activating group) is 1. The topological polar surface area (TPSA) is 45.2 Å². The highest BCUT2D eigenvalue weighted by Crippen LogP contribution is 2.32. The largest absolute Gasteiger partial charge is 0.384 e. The fraction of sp³-hybridized carbons (Fsp3) is 0.250. The smallest absolute Gasteiger partial charge is 0.232 e. The van der Waals surface area contributed by atoms with Crippen molar-refractivity contribution >= 4 is 11.6 Å². The predicted molar refractivity (Wildman–Crippen MR) is 78.4 cm³/mol. The van der Waals surface area contributed by atoms with Gasteiger partial charge in [-0.2, -0.15) is 0 Å². The van der Waals surface area contributed by atoms with Crippen LogP contribution in [0.5, 0.6) is 0 Å². The summed E-state index contributed by atoms with van der Waals surface area (Å²) >= 11 is 0. The fourth-order valence-electron chi connectivity index (χ4n) is 2.61. The molecule has 1 aromatic heterocycles. The van der Waals surface area contributed by atoms with Crippen LogP contribution in [-0.4, -0.2) is 29.4 Å². The van der Waals surface area contributed by atoms with Crippen LogP contribution >= 0.6 is 0 Å². The molecule has 4 nitrogen and oxygen atoms in total. The fourth-order valence-corrected chi connectivity index (χ4v) is 2.61. The standard InChI is InChI=1S/C16H17N3O/c1-19(11-12-5-4-8-17-9-12)16(20)14-10-18-15-7-3-2-6-13(14)15/h2-9,14,18H,10-11H2,1H3. The Kier molecular flexibility index (Phi) is 3.37. The molecule has 1 N–H and O–H groups in total. The Balaban J connectivity index is 1.74. The molecule has 2 aromatic rings. The van der Waals surface area contributed by atoms with Crippen molar-refractivity contribution in [3.05, 3.63) is 59.9 Å². The molecule has 2 heterocycles. The SMILES string of the molecule is CN(Cc1cccnc1)C(=O)C1CNc2ccccc21. The number of fused-ring (bicyclic) bond motifs is 1. The third-order valence-electron chi connectivity index (χ3n) is 3.65. The zero-order valence-corrected chi connectivity index (χ0v) is 11.4. The van der Waals surface area contributed by atoms with E-state index in [0.29, 0.717) is 13.1 Å². The number of benzene rings is 1. The molecule has 1 aliphatic rings. The number of amides is 1. The number of carbonyl (C=O) groups is 1. The molecule has 0 fully saturated rings. The Morgan fingerprint density at radius 1 is 1.35 bits per heavy atom. The molecule has 20 heavy (non-hydrogen) atoms. The van der Waals surface area contributed by atoms with Crippen molar-refractivity contribution in [2.45, 2.75) is 12.5 Å². The van der Waals surface area contributed by atoms with Gasteiger partial charge in [0.25, 0.3) is 0 Å². The van der Waals surface area contributed by atoms with E-state index in [1.165, 1.54) is 0 Å². The average molecular weight is 267 g/mol. The zero-order chi connectivity index (χ0) is 13.9. The Morgan fingerprint density at radius 3 is 3.00 bits per heavy atom. The van der Waals surface area contributed by atoms with Gasteiger partial charge in [-0.15, -0.1) is 0 Å². The van der Waals surface area contributed by atoms with Gasteiger partial charge in [-0.05, 0) is 23.3 Å². The first kappa shape index (κ1) is 12.7. The van der Waals surface area contributed by atoms with Gasteiger partial charge in [-0.1, -0.05) is 24.3 Å². The summed E-state index contributed by atoms with van der Waals surface area (Å²) in [5, 5.41) is 3.29. The lowest BCUT2D eigenvalue weighted by Gasteiger charge is -2.21. The molecular formula is C16H17N3O. The van der Waals surface area contributed by atoms with Crippen LogP contribution in [0.4, 0.5) is 5.69 Å². The minimum Gasteiger partial charge on any atom is -0.384 e. The molecule has 1 aromatic carbocycles. The number of hydrogen-bond donors (Lipinski definition) is 1. The highest BCUT2D eigenvalue weighted by Gasteiger charge is 2.30. The van der Waals surface area contributed by atoms with Gasteiger partial charge in [-0.3, -0.25) is 9.78 Å². The zero-order valence-electron chi connectivity index (χ0n) is 11.4. The van der Waals surface area contributed by atoms with Crippen LogP contribution in [0, 0.1) is 0 Å². The number of aromatic nitrogens is 1. The van der Waals surface area contributed by atoms with Gasteiger partial charge in [0.1, 0.15) is 0 Å². The van der Waals surface area contributed by atoms with Crippen molar-refractivity contribution in [3.63, 3.8) is 0 Å². The molecule has 0 spiro atoms. The highest BCUT2D eigenvalue weighted by molar-refractivity contribution is 5.88. The lowest BCUT2D eigenvalue weighted by atomic mass is 10.00. The van der Waals surface area contributed by atoms with Crippen LogP contribution < -0.4 is 5.32 Å². The first-order valence-corrected chi connectivity index (χ1v) is 6.72. The Hall–Kier alpha value is -2.36. The van der Waals surface area contributed by atoms with Gasteiger partial charge in [0, 0.05) is 38.2 Å². The number of hydrogen-bond acceptors (Lipinski definition) is 3. The summed E-state index contributed by atoms with van der Waals surface area (Å²) in [6, 6.07) is 11.9. The summed E-state index contributed by atoms with van der Waals surface area (Å²) in [4.78, 5) is 18.4. The second-order valence-corrected chi connectivity index (χ2v) is 5.08. The molecule has 102 valence electrons. The van der Waals surface area contributed by atoms with Crippen molar-refractivity contribution in [1.29, 1.82) is 0 Å². The van der Waals surface area contributed by atoms with E-state index in [1.807, 2.05) is 43.4 Å². The third-order valence-corrected chi connectivity index (χ3v) is 3.65. The average Bonchev–Trinajstić information content (AvgIpc) is 2.91. The molecule has 0 saturated heterocycles. The van der Waals surface area contributed by atoms with Gasteiger partial charge in [-0.25, -0.2) is 0 Å². The molecule has 0 bridgehead atoms. The van der Waals surface area contributed by atoms with E-state index >= 15 is 0 Å². The maximum absolute atomic E-state index is 12.6. The lowest BCUT2D eigenvalue weighted by Crippen LogP contribution is -2.32. The molecule has 0 saturated carbocycles. The molecule has 4 heteroatoms. The number of nitrogens with one attached hydrogen (secondary N) is 1. The minimum atomic E-state index is -0.0899. The first-order valence-electron chi connectivity index (χ1n) is 6.72. The molecule has 3 rings (SSSR count). The highest BCUT2D eigenvalue weighted by atomic mass is 16.2. The summed E-state index contributed by atoms with van der Waals surface area (Å²) in [5.41, 5.74) is 3.21. The van der Waals surface area contributed by atoms with Crippen LogP contribution in [-0.2, 0) is 11.3 Å². The quantitative estimate of drug-likeness (QED) is 0.927. The molecule has 1 atom stereocenters. The number of nitrogens with zero attached hydrogens (tertiary/aromatic N) is 2. The first-order chi connectivity index (χ1) is 9.75. The number of anilines is 1. The van der Waals surface area contributed by atoms with Crippen molar-refractivity contribution < 1.29 is 4.79 Å². The maximum atomic E-state index is 12.6. The number of para-hydroxylation sites is 1. The third kappa shape index (κ3) is 2.37. The second kappa shape index (κ2) is 5.33. The second-order valence-electron chi connectivity index (χ2n) is 5.08. The normalized spacial score (nSPS) is 16.4. The predicted octanol–water partition coefficient (Wildman–Crippen LogP) is 2.25. The van der Waals surface area contributed by atoms with Crippen LogP contribution in [0.2, 0.25) is 0 Å². The van der Waals surface area contributed by atoms with Crippen molar-refractivity contribution in [3.8, 4) is 0 Å². The van der Waals surface area contributed by atoms with Gasteiger partial charge < -0.3 is 10.2 Å². The molecule has 0 aliphatic carbocycles. The number of carbonyl (C=O) groups excluding carboxylic acids is 1. The van der Waals surface area contributed by atoms with E-state index in [0.717, 1.165) is 16.8 Å². The van der Waals surface area contributed by atoms with E-state index in [9.17, 15) is 4.79 Å². The van der Waals surface area contributed by atoms with Gasteiger partial charge in [0.2, 0.25) is 5.91 Å². The van der Waals surface area contributed by atoms with E-state index in [-0.39, 0.29) is 11.8 Å². The van der Waals surface area contributed by atoms with Crippen LogP contribution in [0.1, 0.15) is 17.0 Å². The monoisotopic (exact) mass is 267 g/mol. The summed E-state index contributed by atoms with van der Waals surface area (Å²) < 4.78 is 0. The lowest BCUT2D eigenvalue weighted by molar-refractivity contribution is -0.131. The van der Waals surface area contributed by atoms with Gasteiger partial charge >= 0.3 is 0 Å². The molecule has 0 radical (unpaired) electrons. The van der Waals surface area contributed by atoms with Crippen molar-refractivity contribution in [1.82, 2.24) is 9.88 Å². The van der Waals surface area contributed by atoms with Crippen LogP contribution in [0.3, 0.4) is 0 Å². The summed E-state index contributed by atoms with van der Waals surface area (Å²) in [7, 11) is 1.84. The molecule has 1 unspecified atom stereocenters. The molecular weight excluding hydrogens is 250 g/mol. The van der Waals surface area contributed by atoms with Crippen molar-refractivity contribution in [2.24, 2.45) is 0 Å². The van der Waals surface area contributed by atoms with Gasteiger partial charge in [0.05, 0.1) is 5.92 Å². The number of rotatable bonds is 3. The summed E-state index contributed by atoms with van der Waals surface area (Å²) in [5.74, 6) is 0.0548. The summed E-state index contributed by atoms with van der Waals surface area (Å²) in [6.07, 6.45) is 3.53. The maximum Gasteiger partial charge on any atom is 0.232 e. The van der Waals surface area contributed by atoms with E-state index in [1.54, 1.807) is 17.3 Å². The summed E-state index contributed by atoms with van der Waals surface area (Å²) in [6.45, 7) is 1.26. The Labute approximate surface area is 118 Å². The van der Waals surface area contributed by atoms with E-state index in [4.69, 9.17) is 0 Å². The number of pyridine rings is 1. The van der Waals surface area contributed by atoms with Crippen LogP contribution in [0.15, 0.2) is 48.8 Å². The van der Waals surface area contributed by atoms with E-state index in [2.05, 4.69) is 10.3 Å². The van der Waals surface area contributed by atoms with E-state index < -0.39 is 0 Å². The Morgan fingerprint density at radius 2 is 2.20 bits per heavy atom. The molecule has 1 aliphatic heterocycles. The molecule has 1 amide bonds. The van der Waals surface area contributed by atoms with Crippen molar-refractivity contribution in [2.75, 3.05) is 18.9 Å². The van der Waals surface area contributed by atoms with Crippen LogP contribution in [0.25, 0.3) is 0 Å². The minimum absolute atomic E-state index is 0.0899. The van der Waals surface area contributed by atoms with Gasteiger partial charge in [0.15, 0.2) is 0 Å². The Bertz CT molecular complexity index is 612.